The third-order valence-corrected chi connectivity index (χ3v) is 2.87. The minimum atomic E-state index is -0.244. The van der Waals surface area contributed by atoms with Gasteiger partial charge in [-0.1, -0.05) is 18.2 Å². The molecule has 0 saturated heterocycles. The quantitative estimate of drug-likeness (QED) is 0.877. The first kappa shape index (κ1) is 14.1. The molecule has 3 nitrogen and oxygen atoms in total. The summed E-state index contributed by atoms with van der Waals surface area (Å²) >= 11 is 0. The Morgan fingerprint density at radius 2 is 1.90 bits per heavy atom. The zero-order chi connectivity index (χ0) is 14.4. The fourth-order valence-electron chi connectivity index (χ4n) is 1.84. The summed E-state index contributed by atoms with van der Waals surface area (Å²) in [6.45, 7) is 3.07. The van der Waals surface area contributed by atoms with Gasteiger partial charge in [0.15, 0.2) is 0 Å². The zero-order valence-corrected chi connectivity index (χ0v) is 11.3. The lowest BCUT2D eigenvalue weighted by Gasteiger charge is -2.08. The molecule has 0 aliphatic heterocycles. The molecule has 2 N–H and O–H groups in total. The molecule has 0 aromatic heterocycles. The van der Waals surface area contributed by atoms with Gasteiger partial charge in [-0.25, -0.2) is 4.39 Å². The standard InChI is InChI=1S/C16H17FN2O/c1-2-18-16(20)13-4-3-5-15(10-13)19-11-12-6-8-14(17)9-7-12/h3-10,19H,2,11H2,1H3,(H,18,20). The first-order chi connectivity index (χ1) is 9.69. The van der Waals surface area contributed by atoms with Crippen molar-refractivity contribution in [2.75, 3.05) is 11.9 Å². The lowest BCUT2D eigenvalue weighted by Crippen LogP contribution is -2.22. The van der Waals surface area contributed by atoms with Crippen molar-refractivity contribution in [3.63, 3.8) is 0 Å². The Morgan fingerprint density at radius 1 is 1.15 bits per heavy atom. The summed E-state index contributed by atoms with van der Waals surface area (Å²) in [5, 5.41) is 5.98. The van der Waals surface area contributed by atoms with Crippen molar-refractivity contribution in [3.8, 4) is 0 Å². The van der Waals surface area contributed by atoms with E-state index in [-0.39, 0.29) is 11.7 Å². The largest absolute Gasteiger partial charge is 0.381 e. The molecular formula is C16H17FN2O. The van der Waals surface area contributed by atoms with Gasteiger partial charge in [-0.2, -0.15) is 0 Å². The van der Waals surface area contributed by atoms with Crippen molar-refractivity contribution in [1.29, 1.82) is 0 Å². The Balaban J connectivity index is 2.01. The minimum absolute atomic E-state index is 0.0852. The van der Waals surface area contributed by atoms with Gasteiger partial charge in [-0.3, -0.25) is 4.79 Å². The molecule has 0 unspecified atom stereocenters. The molecule has 0 fully saturated rings. The summed E-state index contributed by atoms with van der Waals surface area (Å²) in [4.78, 5) is 11.7. The lowest BCUT2D eigenvalue weighted by molar-refractivity contribution is 0.0956. The average Bonchev–Trinajstić information content (AvgIpc) is 2.47. The van der Waals surface area contributed by atoms with Gasteiger partial charge in [0.05, 0.1) is 0 Å². The van der Waals surface area contributed by atoms with Crippen LogP contribution in [0.3, 0.4) is 0 Å². The molecule has 0 atom stereocenters. The SMILES string of the molecule is CCNC(=O)c1cccc(NCc2ccc(F)cc2)c1. The Morgan fingerprint density at radius 3 is 2.60 bits per heavy atom. The number of hydrogen-bond donors (Lipinski definition) is 2. The van der Waals surface area contributed by atoms with E-state index in [4.69, 9.17) is 0 Å². The van der Waals surface area contributed by atoms with Crippen LogP contribution in [-0.4, -0.2) is 12.5 Å². The lowest BCUT2D eigenvalue weighted by atomic mass is 10.1. The number of nitrogens with one attached hydrogen (secondary N) is 2. The van der Waals surface area contributed by atoms with Crippen molar-refractivity contribution in [1.82, 2.24) is 5.32 Å². The molecule has 2 rings (SSSR count). The smallest absolute Gasteiger partial charge is 0.251 e. The molecule has 0 spiro atoms. The predicted octanol–water partition coefficient (Wildman–Crippen LogP) is 3.19. The molecule has 20 heavy (non-hydrogen) atoms. The molecule has 2 aromatic rings. The second-order valence-electron chi connectivity index (χ2n) is 4.42. The average molecular weight is 272 g/mol. The molecule has 0 aliphatic rings. The fraction of sp³-hybridized carbons (Fsp3) is 0.188. The molecule has 0 heterocycles. The molecule has 104 valence electrons. The zero-order valence-electron chi connectivity index (χ0n) is 11.3. The first-order valence-electron chi connectivity index (χ1n) is 6.55. The Labute approximate surface area is 117 Å². The van der Waals surface area contributed by atoms with E-state index in [1.165, 1.54) is 12.1 Å². The van der Waals surface area contributed by atoms with Gasteiger partial charge in [0.25, 0.3) is 5.91 Å². The summed E-state index contributed by atoms with van der Waals surface area (Å²) in [5.74, 6) is -0.329. The molecular weight excluding hydrogens is 255 g/mol. The van der Waals surface area contributed by atoms with E-state index < -0.39 is 0 Å². The van der Waals surface area contributed by atoms with Gasteiger partial charge in [-0.15, -0.1) is 0 Å². The highest BCUT2D eigenvalue weighted by Gasteiger charge is 2.04. The number of halogens is 1. The Hall–Kier alpha value is -2.36. The summed E-state index contributed by atoms with van der Waals surface area (Å²) in [5.41, 5.74) is 2.46. The summed E-state index contributed by atoms with van der Waals surface area (Å²) in [7, 11) is 0. The van der Waals surface area contributed by atoms with Crippen LogP contribution < -0.4 is 10.6 Å². The minimum Gasteiger partial charge on any atom is -0.381 e. The third kappa shape index (κ3) is 3.82. The van der Waals surface area contributed by atoms with Gasteiger partial charge in [0.1, 0.15) is 5.82 Å². The van der Waals surface area contributed by atoms with Crippen LogP contribution in [0.15, 0.2) is 48.5 Å². The van der Waals surface area contributed by atoms with Crippen molar-refractivity contribution in [2.45, 2.75) is 13.5 Å². The number of amides is 1. The van der Waals surface area contributed by atoms with E-state index in [0.29, 0.717) is 18.7 Å². The number of anilines is 1. The molecule has 0 radical (unpaired) electrons. The number of rotatable bonds is 5. The maximum atomic E-state index is 12.8. The maximum Gasteiger partial charge on any atom is 0.251 e. The fourth-order valence-corrected chi connectivity index (χ4v) is 1.84. The molecule has 1 amide bonds. The van der Waals surface area contributed by atoms with Crippen LogP contribution in [0.1, 0.15) is 22.8 Å². The van der Waals surface area contributed by atoms with Crippen LogP contribution in [0.2, 0.25) is 0 Å². The van der Waals surface area contributed by atoms with E-state index >= 15 is 0 Å². The highest BCUT2D eigenvalue weighted by atomic mass is 19.1. The van der Waals surface area contributed by atoms with Crippen LogP contribution in [-0.2, 0) is 6.54 Å². The molecule has 2 aromatic carbocycles. The van der Waals surface area contributed by atoms with Crippen LogP contribution in [0.25, 0.3) is 0 Å². The number of carbonyl (C=O) groups is 1. The molecule has 4 heteroatoms. The van der Waals surface area contributed by atoms with E-state index in [1.54, 1.807) is 24.3 Å². The summed E-state index contributed by atoms with van der Waals surface area (Å²) in [6, 6.07) is 13.6. The van der Waals surface area contributed by atoms with Crippen molar-refractivity contribution < 1.29 is 9.18 Å². The van der Waals surface area contributed by atoms with Crippen molar-refractivity contribution in [2.24, 2.45) is 0 Å². The Bertz CT molecular complexity index is 581. The topological polar surface area (TPSA) is 41.1 Å². The van der Waals surface area contributed by atoms with Crippen LogP contribution in [0.4, 0.5) is 10.1 Å². The second kappa shape index (κ2) is 6.70. The highest BCUT2D eigenvalue weighted by Crippen LogP contribution is 2.12. The second-order valence-corrected chi connectivity index (χ2v) is 4.42. The van der Waals surface area contributed by atoms with Gasteiger partial charge in [-0.05, 0) is 42.8 Å². The molecule has 0 saturated carbocycles. The predicted molar refractivity (Wildman–Crippen MR) is 78.2 cm³/mol. The summed E-state index contributed by atoms with van der Waals surface area (Å²) in [6.07, 6.45) is 0. The van der Waals surface area contributed by atoms with E-state index in [1.807, 2.05) is 19.1 Å². The number of carbonyl (C=O) groups excluding carboxylic acids is 1. The molecule has 0 aliphatic carbocycles. The van der Waals surface area contributed by atoms with Gasteiger partial charge in [0.2, 0.25) is 0 Å². The number of hydrogen-bond acceptors (Lipinski definition) is 2. The van der Waals surface area contributed by atoms with Crippen LogP contribution in [0.5, 0.6) is 0 Å². The normalized spacial score (nSPS) is 10.1. The third-order valence-electron chi connectivity index (χ3n) is 2.87. The van der Waals surface area contributed by atoms with Crippen LogP contribution >= 0.6 is 0 Å². The van der Waals surface area contributed by atoms with Crippen molar-refractivity contribution in [3.05, 3.63) is 65.5 Å². The van der Waals surface area contributed by atoms with Crippen molar-refractivity contribution >= 4 is 11.6 Å². The number of benzene rings is 2. The van der Waals surface area contributed by atoms with Gasteiger partial charge in [0, 0.05) is 24.3 Å². The highest BCUT2D eigenvalue weighted by molar-refractivity contribution is 5.95. The molecule has 0 bridgehead atoms. The summed E-state index contributed by atoms with van der Waals surface area (Å²) < 4.78 is 12.8. The van der Waals surface area contributed by atoms with E-state index in [2.05, 4.69) is 10.6 Å². The monoisotopic (exact) mass is 272 g/mol. The van der Waals surface area contributed by atoms with E-state index in [0.717, 1.165) is 11.3 Å². The van der Waals surface area contributed by atoms with Gasteiger partial charge < -0.3 is 10.6 Å². The van der Waals surface area contributed by atoms with Crippen LogP contribution in [0, 0.1) is 5.82 Å². The van der Waals surface area contributed by atoms with E-state index in [9.17, 15) is 9.18 Å². The maximum absolute atomic E-state index is 12.8. The first-order valence-corrected chi connectivity index (χ1v) is 6.55. The van der Waals surface area contributed by atoms with Gasteiger partial charge >= 0.3 is 0 Å². The Kier molecular flexibility index (Phi) is 4.71.